The van der Waals surface area contributed by atoms with Crippen LogP contribution in [0.1, 0.15) is 33.7 Å². The highest BCUT2D eigenvalue weighted by molar-refractivity contribution is 5.97. The molecule has 0 spiro atoms. The monoisotopic (exact) mass is 416 g/mol. The SMILES string of the molecule is CNC(=O)C(NC(=O)c1ccc(OCc2noc(C)n2)cc1)c1ccc(F)c(F)c1. The van der Waals surface area contributed by atoms with Gasteiger partial charge in [0.05, 0.1) is 0 Å². The van der Waals surface area contributed by atoms with Gasteiger partial charge in [0.15, 0.2) is 18.2 Å². The van der Waals surface area contributed by atoms with Gasteiger partial charge in [0.2, 0.25) is 17.6 Å². The van der Waals surface area contributed by atoms with Crippen LogP contribution in [0.5, 0.6) is 5.75 Å². The van der Waals surface area contributed by atoms with E-state index < -0.39 is 29.5 Å². The number of halogens is 2. The Morgan fingerprint density at radius 1 is 1.13 bits per heavy atom. The van der Waals surface area contributed by atoms with Gasteiger partial charge in [-0.2, -0.15) is 4.98 Å². The molecule has 0 bridgehead atoms. The van der Waals surface area contributed by atoms with Crippen molar-refractivity contribution >= 4 is 11.8 Å². The smallest absolute Gasteiger partial charge is 0.252 e. The Bertz CT molecular complexity index is 1050. The fraction of sp³-hybridized carbons (Fsp3) is 0.200. The number of nitrogens with zero attached hydrogens (tertiary/aromatic N) is 2. The van der Waals surface area contributed by atoms with Crippen molar-refractivity contribution < 1.29 is 27.6 Å². The molecule has 3 rings (SSSR count). The Hall–Kier alpha value is -3.82. The first-order valence-corrected chi connectivity index (χ1v) is 8.87. The van der Waals surface area contributed by atoms with Crippen LogP contribution in [0.2, 0.25) is 0 Å². The lowest BCUT2D eigenvalue weighted by molar-refractivity contribution is -0.122. The quantitative estimate of drug-likeness (QED) is 0.613. The molecule has 0 saturated heterocycles. The maximum atomic E-state index is 13.6. The molecule has 0 radical (unpaired) electrons. The molecule has 0 aliphatic rings. The summed E-state index contributed by atoms with van der Waals surface area (Å²) >= 11 is 0. The summed E-state index contributed by atoms with van der Waals surface area (Å²) in [5.41, 5.74) is 0.353. The highest BCUT2D eigenvalue weighted by Gasteiger charge is 2.23. The molecule has 1 aromatic heterocycles. The highest BCUT2D eigenvalue weighted by atomic mass is 19.2. The summed E-state index contributed by atoms with van der Waals surface area (Å²) < 4.78 is 37.1. The molecule has 2 amide bonds. The number of hydrogen-bond acceptors (Lipinski definition) is 6. The summed E-state index contributed by atoms with van der Waals surface area (Å²) in [6.07, 6.45) is 0. The van der Waals surface area contributed by atoms with Crippen molar-refractivity contribution in [1.82, 2.24) is 20.8 Å². The van der Waals surface area contributed by atoms with E-state index in [9.17, 15) is 18.4 Å². The molecule has 1 unspecified atom stereocenters. The van der Waals surface area contributed by atoms with Crippen LogP contribution in [0.4, 0.5) is 8.78 Å². The number of likely N-dealkylation sites (N-methyl/N-ethyl adjacent to an activating group) is 1. The third-order valence-corrected chi connectivity index (χ3v) is 4.12. The zero-order valence-electron chi connectivity index (χ0n) is 16.1. The lowest BCUT2D eigenvalue weighted by Crippen LogP contribution is -2.39. The molecule has 2 aromatic carbocycles. The van der Waals surface area contributed by atoms with Crippen molar-refractivity contribution in [3.63, 3.8) is 0 Å². The van der Waals surface area contributed by atoms with E-state index >= 15 is 0 Å². The van der Waals surface area contributed by atoms with E-state index in [1.165, 1.54) is 25.2 Å². The summed E-state index contributed by atoms with van der Waals surface area (Å²) in [4.78, 5) is 28.7. The number of carbonyl (C=O) groups is 2. The number of nitrogens with one attached hydrogen (secondary N) is 2. The molecule has 3 aromatic rings. The lowest BCUT2D eigenvalue weighted by Gasteiger charge is -2.18. The van der Waals surface area contributed by atoms with Crippen LogP contribution >= 0.6 is 0 Å². The zero-order chi connectivity index (χ0) is 21.7. The average Bonchev–Trinajstić information content (AvgIpc) is 3.17. The molecule has 0 aliphatic carbocycles. The van der Waals surface area contributed by atoms with E-state index in [-0.39, 0.29) is 17.7 Å². The molecular weight excluding hydrogens is 398 g/mol. The normalized spacial score (nSPS) is 11.6. The van der Waals surface area contributed by atoms with Crippen LogP contribution in [0, 0.1) is 18.6 Å². The van der Waals surface area contributed by atoms with Gasteiger partial charge in [-0.3, -0.25) is 9.59 Å². The van der Waals surface area contributed by atoms with E-state index in [1.807, 2.05) is 0 Å². The summed E-state index contributed by atoms with van der Waals surface area (Å²) in [7, 11) is 1.37. The third kappa shape index (κ3) is 4.96. The molecule has 1 atom stereocenters. The second kappa shape index (κ2) is 9.12. The maximum Gasteiger partial charge on any atom is 0.252 e. The summed E-state index contributed by atoms with van der Waals surface area (Å²) in [5.74, 6) is -2.04. The number of amides is 2. The Morgan fingerprint density at radius 2 is 1.87 bits per heavy atom. The van der Waals surface area contributed by atoms with Crippen LogP contribution in [-0.4, -0.2) is 29.0 Å². The molecule has 10 heteroatoms. The minimum Gasteiger partial charge on any atom is -0.485 e. The Kier molecular flexibility index (Phi) is 6.35. The van der Waals surface area contributed by atoms with Crippen molar-refractivity contribution in [2.24, 2.45) is 0 Å². The van der Waals surface area contributed by atoms with Crippen LogP contribution in [0.25, 0.3) is 0 Å². The average molecular weight is 416 g/mol. The third-order valence-electron chi connectivity index (χ3n) is 4.12. The van der Waals surface area contributed by atoms with E-state index in [4.69, 9.17) is 9.26 Å². The molecule has 0 saturated carbocycles. The number of rotatable bonds is 7. The van der Waals surface area contributed by atoms with Crippen molar-refractivity contribution in [2.45, 2.75) is 19.6 Å². The number of aryl methyl sites for hydroxylation is 1. The van der Waals surface area contributed by atoms with E-state index in [1.54, 1.807) is 19.1 Å². The van der Waals surface area contributed by atoms with Gasteiger partial charge in [0, 0.05) is 19.5 Å². The number of carbonyl (C=O) groups excluding carboxylic acids is 2. The van der Waals surface area contributed by atoms with Crippen molar-refractivity contribution in [1.29, 1.82) is 0 Å². The van der Waals surface area contributed by atoms with Crippen molar-refractivity contribution in [3.8, 4) is 5.75 Å². The lowest BCUT2D eigenvalue weighted by atomic mass is 10.0. The van der Waals surface area contributed by atoms with E-state index in [2.05, 4.69) is 20.8 Å². The van der Waals surface area contributed by atoms with Gasteiger partial charge in [-0.1, -0.05) is 11.2 Å². The second-order valence-corrected chi connectivity index (χ2v) is 6.24. The Labute approximate surface area is 170 Å². The first-order chi connectivity index (χ1) is 14.4. The molecule has 8 nitrogen and oxygen atoms in total. The first-order valence-electron chi connectivity index (χ1n) is 8.87. The predicted molar refractivity (Wildman–Crippen MR) is 100 cm³/mol. The summed E-state index contributed by atoms with van der Waals surface area (Å²) in [6, 6.07) is 7.92. The summed E-state index contributed by atoms with van der Waals surface area (Å²) in [5, 5.41) is 8.61. The second-order valence-electron chi connectivity index (χ2n) is 6.24. The van der Waals surface area contributed by atoms with Crippen LogP contribution in [0.15, 0.2) is 47.0 Å². The number of ether oxygens (including phenoxy) is 1. The molecule has 1 heterocycles. The highest BCUT2D eigenvalue weighted by Crippen LogP contribution is 2.19. The van der Waals surface area contributed by atoms with Gasteiger partial charge in [0.25, 0.3) is 5.91 Å². The Morgan fingerprint density at radius 3 is 2.47 bits per heavy atom. The van der Waals surface area contributed by atoms with Gasteiger partial charge >= 0.3 is 0 Å². The molecule has 2 N–H and O–H groups in total. The molecule has 30 heavy (non-hydrogen) atoms. The topological polar surface area (TPSA) is 106 Å². The Balaban J connectivity index is 1.69. The molecule has 0 fully saturated rings. The molecular formula is C20H18F2N4O4. The predicted octanol–water partition coefficient (Wildman–Crippen LogP) is 2.45. The first kappa shape index (κ1) is 20.9. The van der Waals surface area contributed by atoms with Gasteiger partial charge in [0.1, 0.15) is 11.8 Å². The largest absolute Gasteiger partial charge is 0.485 e. The van der Waals surface area contributed by atoms with Crippen molar-refractivity contribution in [3.05, 3.63) is 76.9 Å². The fourth-order valence-corrected chi connectivity index (χ4v) is 2.60. The van der Waals surface area contributed by atoms with Crippen LogP contribution in [0.3, 0.4) is 0 Å². The van der Waals surface area contributed by atoms with Gasteiger partial charge in [-0.15, -0.1) is 0 Å². The van der Waals surface area contributed by atoms with Crippen LogP contribution in [-0.2, 0) is 11.4 Å². The number of benzene rings is 2. The van der Waals surface area contributed by atoms with Crippen molar-refractivity contribution in [2.75, 3.05) is 7.05 Å². The fourth-order valence-electron chi connectivity index (χ4n) is 2.60. The standard InChI is InChI=1S/C20H18F2N4O4/c1-11-24-17(26-30-11)10-29-14-6-3-12(4-7-14)19(27)25-18(20(28)23-2)13-5-8-15(21)16(22)9-13/h3-9,18H,10H2,1-2H3,(H,23,28)(H,25,27). The minimum absolute atomic E-state index is 0.0950. The van der Waals surface area contributed by atoms with Gasteiger partial charge in [-0.05, 0) is 42.0 Å². The van der Waals surface area contributed by atoms with E-state index in [0.717, 1.165) is 12.1 Å². The minimum atomic E-state index is -1.20. The zero-order valence-corrected chi connectivity index (χ0v) is 16.1. The van der Waals surface area contributed by atoms with Crippen LogP contribution < -0.4 is 15.4 Å². The maximum absolute atomic E-state index is 13.6. The molecule has 0 aliphatic heterocycles. The summed E-state index contributed by atoms with van der Waals surface area (Å²) in [6.45, 7) is 1.76. The number of aromatic nitrogens is 2. The van der Waals surface area contributed by atoms with E-state index in [0.29, 0.717) is 17.5 Å². The van der Waals surface area contributed by atoms with Gasteiger partial charge < -0.3 is 19.9 Å². The van der Waals surface area contributed by atoms with Gasteiger partial charge in [-0.25, -0.2) is 8.78 Å². The molecule has 156 valence electrons. The number of hydrogen-bond donors (Lipinski definition) is 2.